The van der Waals surface area contributed by atoms with Crippen molar-refractivity contribution in [3.05, 3.63) is 65.5 Å². The van der Waals surface area contributed by atoms with Crippen LogP contribution in [-0.4, -0.2) is 46.0 Å². The second-order valence-electron chi connectivity index (χ2n) is 5.98. The van der Waals surface area contributed by atoms with E-state index in [0.717, 1.165) is 17.0 Å². The number of carboxylic acid groups (broad SMARTS) is 1. The topological polar surface area (TPSA) is 93.5 Å². The Morgan fingerprint density at radius 2 is 2.15 bits per heavy atom. The van der Waals surface area contributed by atoms with Gasteiger partial charge in [0.15, 0.2) is 6.04 Å². The Bertz CT molecular complexity index is 798. The molecule has 0 aliphatic carbocycles. The highest BCUT2D eigenvalue weighted by molar-refractivity contribution is 5.96. The number of ether oxygens (including phenoxy) is 1. The van der Waals surface area contributed by atoms with E-state index >= 15 is 0 Å². The summed E-state index contributed by atoms with van der Waals surface area (Å²) in [6.07, 6.45) is 1.52. The van der Waals surface area contributed by atoms with Gasteiger partial charge in [-0.15, -0.1) is 6.58 Å². The van der Waals surface area contributed by atoms with E-state index in [1.54, 1.807) is 18.2 Å². The first-order chi connectivity index (χ1) is 12.4. The van der Waals surface area contributed by atoms with Crippen molar-refractivity contribution in [1.82, 2.24) is 15.1 Å². The number of hydrogen-bond acceptors (Lipinski definition) is 4. The van der Waals surface area contributed by atoms with Gasteiger partial charge in [-0.25, -0.2) is 4.79 Å². The number of aryl methyl sites for hydroxylation is 2. The van der Waals surface area contributed by atoms with Crippen LogP contribution in [0, 0.1) is 13.8 Å². The number of aliphatic carboxylic acids is 1. The fourth-order valence-electron chi connectivity index (χ4n) is 2.50. The number of aromatic nitrogens is 2. The van der Waals surface area contributed by atoms with Crippen molar-refractivity contribution in [3.8, 4) is 0 Å². The first-order valence-corrected chi connectivity index (χ1v) is 8.23. The van der Waals surface area contributed by atoms with Gasteiger partial charge in [0.05, 0.1) is 25.5 Å². The molecule has 0 radical (unpaired) electrons. The van der Waals surface area contributed by atoms with Gasteiger partial charge in [-0.1, -0.05) is 18.2 Å². The third-order valence-electron chi connectivity index (χ3n) is 3.75. The Morgan fingerprint density at radius 3 is 2.77 bits per heavy atom. The summed E-state index contributed by atoms with van der Waals surface area (Å²) >= 11 is 0. The van der Waals surface area contributed by atoms with Crippen molar-refractivity contribution in [2.75, 3.05) is 13.2 Å². The van der Waals surface area contributed by atoms with Crippen LogP contribution in [0.1, 0.15) is 27.3 Å². The van der Waals surface area contributed by atoms with E-state index in [1.165, 1.54) is 6.08 Å². The average molecular weight is 357 g/mol. The summed E-state index contributed by atoms with van der Waals surface area (Å²) < 4.78 is 6.99. The van der Waals surface area contributed by atoms with Crippen LogP contribution in [0.3, 0.4) is 0 Å². The Hall–Kier alpha value is -2.93. The summed E-state index contributed by atoms with van der Waals surface area (Å²) in [5.74, 6) is -1.61. The Morgan fingerprint density at radius 1 is 1.38 bits per heavy atom. The van der Waals surface area contributed by atoms with Crippen molar-refractivity contribution >= 4 is 11.9 Å². The molecule has 0 spiro atoms. The average Bonchev–Trinajstić information content (AvgIpc) is 2.91. The fourth-order valence-corrected chi connectivity index (χ4v) is 2.50. The lowest BCUT2D eigenvalue weighted by Gasteiger charge is -2.15. The number of amides is 1. The van der Waals surface area contributed by atoms with Gasteiger partial charge < -0.3 is 15.2 Å². The molecule has 2 aromatic rings. The molecule has 1 aromatic heterocycles. The van der Waals surface area contributed by atoms with Crippen LogP contribution in [0.5, 0.6) is 0 Å². The lowest BCUT2D eigenvalue weighted by molar-refractivity contribution is -0.140. The van der Waals surface area contributed by atoms with E-state index in [2.05, 4.69) is 17.0 Å². The third-order valence-corrected chi connectivity index (χ3v) is 3.75. The number of rotatable bonds is 9. The monoisotopic (exact) mass is 357 g/mol. The van der Waals surface area contributed by atoms with E-state index in [4.69, 9.17) is 4.74 Å². The van der Waals surface area contributed by atoms with Crippen molar-refractivity contribution in [1.29, 1.82) is 0 Å². The Balaban J connectivity index is 2.07. The molecule has 26 heavy (non-hydrogen) atoms. The van der Waals surface area contributed by atoms with Gasteiger partial charge in [0.1, 0.15) is 0 Å². The molecule has 1 atom stereocenters. The number of benzene rings is 1. The molecule has 0 saturated carbocycles. The summed E-state index contributed by atoms with van der Waals surface area (Å²) in [6.45, 7) is 8.02. The molecule has 7 heteroatoms. The SMILES string of the molecule is C=CCOCC(NC(=O)c1cccc(Cn2nc(C)cc2C)c1)C(=O)O. The van der Waals surface area contributed by atoms with E-state index in [9.17, 15) is 14.7 Å². The van der Waals surface area contributed by atoms with E-state index in [0.29, 0.717) is 12.1 Å². The number of hydrogen-bond donors (Lipinski definition) is 2. The summed E-state index contributed by atoms with van der Waals surface area (Å²) in [7, 11) is 0. The second-order valence-corrected chi connectivity index (χ2v) is 5.98. The van der Waals surface area contributed by atoms with E-state index in [-0.39, 0.29) is 13.2 Å². The highest BCUT2D eigenvalue weighted by Gasteiger charge is 2.21. The van der Waals surface area contributed by atoms with Gasteiger partial charge in [-0.05, 0) is 37.6 Å². The number of nitrogens with one attached hydrogen (secondary N) is 1. The van der Waals surface area contributed by atoms with E-state index < -0.39 is 17.9 Å². The molecule has 0 saturated heterocycles. The number of carbonyl (C=O) groups is 2. The van der Waals surface area contributed by atoms with Crippen molar-refractivity contribution < 1.29 is 19.4 Å². The standard InChI is InChI=1S/C19H23N3O4/c1-4-8-26-12-17(19(24)25)20-18(23)16-7-5-6-15(10-16)11-22-14(3)9-13(2)21-22/h4-7,9-10,17H,1,8,11-12H2,2-3H3,(H,20,23)(H,24,25). The van der Waals surface area contributed by atoms with E-state index in [1.807, 2.05) is 30.7 Å². The minimum Gasteiger partial charge on any atom is -0.480 e. The van der Waals surface area contributed by atoms with Gasteiger partial charge in [0, 0.05) is 11.3 Å². The molecule has 2 N–H and O–H groups in total. The molecule has 0 aliphatic rings. The highest BCUT2D eigenvalue weighted by Crippen LogP contribution is 2.10. The molecule has 7 nitrogen and oxygen atoms in total. The van der Waals surface area contributed by atoms with Crippen LogP contribution in [0.15, 0.2) is 43.0 Å². The normalized spacial score (nSPS) is 11.8. The molecule has 1 unspecified atom stereocenters. The number of carboxylic acids is 1. The summed E-state index contributed by atoms with van der Waals surface area (Å²) in [5, 5.41) is 16.1. The smallest absolute Gasteiger partial charge is 0.328 e. The van der Waals surface area contributed by atoms with Crippen LogP contribution in [0.25, 0.3) is 0 Å². The zero-order chi connectivity index (χ0) is 19.1. The molecule has 138 valence electrons. The molecule has 0 aliphatic heterocycles. The zero-order valence-electron chi connectivity index (χ0n) is 14.9. The van der Waals surface area contributed by atoms with Crippen molar-refractivity contribution in [2.24, 2.45) is 0 Å². The van der Waals surface area contributed by atoms with Gasteiger partial charge in [-0.2, -0.15) is 5.10 Å². The maximum Gasteiger partial charge on any atom is 0.328 e. The third kappa shape index (κ3) is 5.29. The fraction of sp³-hybridized carbons (Fsp3) is 0.316. The molecule has 2 rings (SSSR count). The Labute approximate surface area is 152 Å². The van der Waals surface area contributed by atoms with Crippen LogP contribution in [-0.2, 0) is 16.1 Å². The largest absolute Gasteiger partial charge is 0.480 e. The quantitative estimate of drug-likeness (QED) is 0.528. The second kappa shape index (κ2) is 8.96. The zero-order valence-corrected chi connectivity index (χ0v) is 14.9. The number of carbonyl (C=O) groups excluding carboxylic acids is 1. The van der Waals surface area contributed by atoms with Gasteiger partial charge in [0.2, 0.25) is 0 Å². The molecule has 1 amide bonds. The van der Waals surface area contributed by atoms with Crippen molar-refractivity contribution in [3.63, 3.8) is 0 Å². The lowest BCUT2D eigenvalue weighted by atomic mass is 10.1. The van der Waals surface area contributed by atoms with Crippen LogP contribution in [0.2, 0.25) is 0 Å². The minimum atomic E-state index is -1.15. The maximum absolute atomic E-state index is 12.4. The number of nitrogens with zero attached hydrogens (tertiary/aromatic N) is 2. The maximum atomic E-state index is 12.4. The first kappa shape index (κ1) is 19.4. The molecule has 0 fully saturated rings. The lowest BCUT2D eigenvalue weighted by Crippen LogP contribution is -2.44. The molecule has 1 heterocycles. The van der Waals surface area contributed by atoms with Gasteiger partial charge in [0.25, 0.3) is 5.91 Å². The molecule has 0 bridgehead atoms. The van der Waals surface area contributed by atoms with Crippen LogP contribution < -0.4 is 5.32 Å². The summed E-state index contributed by atoms with van der Waals surface area (Å²) in [4.78, 5) is 23.7. The van der Waals surface area contributed by atoms with Gasteiger partial charge in [-0.3, -0.25) is 9.48 Å². The van der Waals surface area contributed by atoms with Crippen LogP contribution >= 0.6 is 0 Å². The molecular formula is C19H23N3O4. The summed E-state index contributed by atoms with van der Waals surface area (Å²) in [5.41, 5.74) is 3.25. The highest BCUT2D eigenvalue weighted by atomic mass is 16.5. The molecule has 1 aromatic carbocycles. The van der Waals surface area contributed by atoms with Gasteiger partial charge >= 0.3 is 5.97 Å². The predicted molar refractivity (Wildman–Crippen MR) is 97.2 cm³/mol. The van der Waals surface area contributed by atoms with Crippen molar-refractivity contribution in [2.45, 2.75) is 26.4 Å². The predicted octanol–water partition coefficient (Wildman–Crippen LogP) is 1.93. The minimum absolute atomic E-state index is 0.126. The first-order valence-electron chi connectivity index (χ1n) is 8.23. The van der Waals surface area contributed by atoms with Crippen LogP contribution in [0.4, 0.5) is 0 Å². The Kier molecular flexibility index (Phi) is 6.68. The summed E-state index contributed by atoms with van der Waals surface area (Å²) in [6, 6.07) is 7.90. The molecular weight excluding hydrogens is 334 g/mol.